The van der Waals surface area contributed by atoms with E-state index in [2.05, 4.69) is 36.4 Å². The van der Waals surface area contributed by atoms with Gasteiger partial charge in [-0.15, -0.1) is 0 Å². The zero-order valence-electron chi connectivity index (χ0n) is 19.3. The van der Waals surface area contributed by atoms with Gasteiger partial charge in [-0.1, -0.05) is 42.4 Å². The number of carbonyl (C=O) groups excluding carboxylic acids is 2. The highest BCUT2D eigenvalue weighted by atomic mass is 16.5. The van der Waals surface area contributed by atoms with Crippen molar-refractivity contribution in [2.75, 3.05) is 13.1 Å². The molecule has 0 spiro atoms. The maximum absolute atomic E-state index is 13.0. The second-order valence-corrected chi connectivity index (χ2v) is 10.1. The first-order valence-electron chi connectivity index (χ1n) is 12.3. The molecule has 1 aliphatic heterocycles. The molecule has 3 aliphatic rings. The van der Waals surface area contributed by atoms with E-state index in [9.17, 15) is 9.59 Å². The van der Waals surface area contributed by atoms with E-state index in [1.54, 1.807) is 0 Å². The summed E-state index contributed by atoms with van der Waals surface area (Å²) in [7, 11) is 0. The molecule has 1 aromatic carbocycles. The summed E-state index contributed by atoms with van der Waals surface area (Å²) >= 11 is 0. The van der Waals surface area contributed by atoms with Crippen molar-refractivity contribution in [2.24, 2.45) is 17.6 Å². The van der Waals surface area contributed by atoms with Gasteiger partial charge in [0.25, 0.3) is 0 Å². The minimum atomic E-state index is -0.509. The molecule has 2 atom stereocenters. The first-order valence-corrected chi connectivity index (χ1v) is 12.3. The van der Waals surface area contributed by atoms with Crippen LogP contribution in [0.1, 0.15) is 78.7 Å². The van der Waals surface area contributed by atoms with E-state index < -0.39 is 6.04 Å². The molecule has 174 valence electrons. The normalized spacial score (nSPS) is 20.3. The molecule has 0 bridgehead atoms. The quantitative estimate of drug-likeness (QED) is 0.608. The van der Waals surface area contributed by atoms with Crippen LogP contribution >= 0.6 is 0 Å². The summed E-state index contributed by atoms with van der Waals surface area (Å²) in [5, 5.41) is 3.99. The molecule has 1 amide bonds. The third-order valence-electron chi connectivity index (χ3n) is 7.65. The monoisotopic (exact) mass is 447 g/mol. The van der Waals surface area contributed by atoms with Gasteiger partial charge in [0, 0.05) is 31.5 Å². The first-order chi connectivity index (χ1) is 16.0. The van der Waals surface area contributed by atoms with Gasteiger partial charge in [-0.3, -0.25) is 9.59 Å². The molecule has 2 aromatic rings. The third kappa shape index (κ3) is 4.81. The number of likely N-dealkylation sites (tertiary alicyclic amines) is 1. The van der Waals surface area contributed by atoms with Crippen molar-refractivity contribution in [1.29, 1.82) is 0 Å². The number of nitrogens with zero attached hydrogens (tertiary/aromatic N) is 2. The van der Waals surface area contributed by atoms with Crippen molar-refractivity contribution in [3.63, 3.8) is 0 Å². The lowest BCUT2D eigenvalue weighted by molar-refractivity contribution is -0.134. The van der Waals surface area contributed by atoms with Crippen LogP contribution in [-0.2, 0) is 11.2 Å². The number of rotatable bonds is 8. The Bertz CT molecular complexity index is 1060. The number of carbonyl (C=O) groups is 2. The van der Waals surface area contributed by atoms with Crippen LogP contribution in [0.5, 0.6) is 0 Å². The van der Waals surface area contributed by atoms with E-state index in [0.717, 1.165) is 37.9 Å². The van der Waals surface area contributed by atoms with Crippen LogP contribution in [-0.4, -0.2) is 40.9 Å². The smallest absolute Gasteiger partial charge is 0.239 e. The Balaban J connectivity index is 1.09. The molecule has 1 saturated heterocycles. The van der Waals surface area contributed by atoms with Crippen molar-refractivity contribution < 1.29 is 14.1 Å². The van der Waals surface area contributed by atoms with Crippen molar-refractivity contribution in [3.8, 4) is 0 Å². The summed E-state index contributed by atoms with van der Waals surface area (Å²) in [4.78, 5) is 27.6. The number of ketones is 1. The van der Waals surface area contributed by atoms with Gasteiger partial charge in [-0.05, 0) is 67.1 Å². The SMILES string of the molecule is CC(CC(=O)c1cc(C2CC2)on1)C1CCN(C(=O)[C@H](N)CC2=CCc3ccccc32)CC1. The molecule has 1 aromatic heterocycles. The van der Waals surface area contributed by atoms with E-state index in [4.69, 9.17) is 10.3 Å². The summed E-state index contributed by atoms with van der Waals surface area (Å²) in [5.74, 6) is 2.09. The van der Waals surface area contributed by atoms with Gasteiger partial charge in [0.05, 0.1) is 6.04 Å². The average molecular weight is 448 g/mol. The molecule has 0 radical (unpaired) electrons. The lowest BCUT2D eigenvalue weighted by Gasteiger charge is -2.36. The Morgan fingerprint density at radius 1 is 1.18 bits per heavy atom. The number of hydrogen-bond donors (Lipinski definition) is 1. The van der Waals surface area contributed by atoms with Crippen molar-refractivity contribution in [1.82, 2.24) is 10.1 Å². The van der Waals surface area contributed by atoms with E-state index >= 15 is 0 Å². The number of amides is 1. The zero-order chi connectivity index (χ0) is 22.9. The van der Waals surface area contributed by atoms with Gasteiger partial charge in [0.15, 0.2) is 5.78 Å². The van der Waals surface area contributed by atoms with Gasteiger partial charge in [-0.2, -0.15) is 0 Å². The molecule has 33 heavy (non-hydrogen) atoms. The zero-order valence-corrected chi connectivity index (χ0v) is 19.3. The number of fused-ring (bicyclic) bond motifs is 1. The number of hydrogen-bond acceptors (Lipinski definition) is 5. The maximum atomic E-state index is 13.0. The topological polar surface area (TPSA) is 89.4 Å². The van der Waals surface area contributed by atoms with Gasteiger partial charge in [0.1, 0.15) is 11.5 Å². The standard InChI is InChI=1S/C27H33N3O3/c1-17(14-25(31)24-16-26(33-29-24)20-7-8-20)18-10-12-30(13-11-18)27(32)23(28)15-21-9-6-19-4-2-3-5-22(19)21/h2-5,9,16-18,20,23H,6-8,10-15,28H2,1H3/t17?,23-/m1/s1. The van der Waals surface area contributed by atoms with Gasteiger partial charge in [-0.25, -0.2) is 0 Å². The summed E-state index contributed by atoms with van der Waals surface area (Å²) in [6.07, 6.45) is 8.25. The molecule has 2 fully saturated rings. The average Bonchev–Trinajstić information content (AvgIpc) is 3.42. The molecule has 2 heterocycles. The number of aromatic nitrogens is 1. The molecular formula is C27H33N3O3. The summed E-state index contributed by atoms with van der Waals surface area (Å²) in [6.45, 7) is 3.56. The summed E-state index contributed by atoms with van der Waals surface area (Å²) in [6, 6.07) is 9.66. The maximum Gasteiger partial charge on any atom is 0.239 e. The molecule has 2 aliphatic carbocycles. The Morgan fingerprint density at radius 2 is 1.94 bits per heavy atom. The van der Waals surface area contributed by atoms with Crippen molar-refractivity contribution in [3.05, 3.63) is 59.0 Å². The van der Waals surface area contributed by atoms with Crippen LogP contribution in [0.3, 0.4) is 0 Å². The second-order valence-electron chi connectivity index (χ2n) is 10.1. The number of benzene rings is 1. The van der Waals surface area contributed by atoms with E-state index in [-0.39, 0.29) is 17.6 Å². The van der Waals surface area contributed by atoms with Crippen LogP contribution in [0.15, 0.2) is 40.9 Å². The largest absolute Gasteiger partial charge is 0.360 e. The lowest BCUT2D eigenvalue weighted by Crippen LogP contribution is -2.47. The summed E-state index contributed by atoms with van der Waals surface area (Å²) in [5.41, 5.74) is 10.5. The van der Waals surface area contributed by atoms with Gasteiger partial charge < -0.3 is 15.2 Å². The lowest BCUT2D eigenvalue weighted by atomic mass is 9.82. The fourth-order valence-electron chi connectivity index (χ4n) is 5.34. The molecule has 6 heteroatoms. The minimum absolute atomic E-state index is 0.0395. The number of Topliss-reactive ketones (excluding diaryl/α,β-unsaturated/α-hetero) is 1. The Hall–Kier alpha value is -2.73. The predicted octanol–water partition coefficient (Wildman–Crippen LogP) is 4.36. The van der Waals surface area contributed by atoms with Crippen LogP contribution < -0.4 is 5.73 Å². The highest BCUT2D eigenvalue weighted by molar-refractivity contribution is 5.94. The number of piperidine rings is 1. The fourth-order valence-corrected chi connectivity index (χ4v) is 5.34. The molecule has 1 unspecified atom stereocenters. The van der Waals surface area contributed by atoms with Gasteiger partial charge >= 0.3 is 0 Å². The Kier molecular flexibility index (Phi) is 6.19. The molecule has 6 nitrogen and oxygen atoms in total. The molecular weight excluding hydrogens is 414 g/mol. The first kappa shape index (κ1) is 22.1. The highest BCUT2D eigenvalue weighted by Crippen LogP contribution is 2.40. The van der Waals surface area contributed by atoms with E-state index in [1.165, 1.54) is 16.7 Å². The van der Waals surface area contributed by atoms with Crippen molar-refractivity contribution in [2.45, 2.75) is 63.8 Å². The second kappa shape index (κ2) is 9.26. The predicted molar refractivity (Wildman–Crippen MR) is 127 cm³/mol. The van der Waals surface area contributed by atoms with Crippen LogP contribution in [0.4, 0.5) is 0 Å². The van der Waals surface area contributed by atoms with Crippen molar-refractivity contribution >= 4 is 17.3 Å². The number of nitrogens with two attached hydrogens (primary N) is 1. The van der Waals surface area contributed by atoms with E-state index in [1.807, 2.05) is 17.0 Å². The van der Waals surface area contributed by atoms with Crippen LogP contribution in [0.2, 0.25) is 0 Å². The molecule has 1 saturated carbocycles. The Morgan fingerprint density at radius 3 is 2.70 bits per heavy atom. The minimum Gasteiger partial charge on any atom is -0.360 e. The van der Waals surface area contributed by atoms with Crippen LogP contribution in [0.25, 0.3) is 5.57 Å². The summed E-state index contributed by atoms with van der Waals surface area (Å²) < 4.78 is 5.34. The third-order valence-corrected chi connectivity index (χ3v) is 7.65. The van der Waals surface area contributed by atoms with Crippen LogP contribution in [0, 0.1) is 11.8 Å². The highest BCUT2D eigenvalue weighted by Gasteiger charge is 2.32. The molecule has 5 rings (SSSR count). The number of allylic oxidation sites excluding steroid dienone is 1. The van der Waals surface area contributed by atoms with E-state index in [0.29, 0.717) is 43.5 Å². The Labute approximate surface area is 195 Å². The molecule has 2 N–H and O–H groups in total. The fraction of sp³-hybridized carbons (Fsp3) is 0.519. The van der Waals surface area contributed by atoms with Gasteiger partial charge in [0.2, 0.25) is 5.91 Å².